The number of likely N-dealkylation sites (tertiary alicyclic amines) is 1. The van der Waals surface area contributed by atoms with Gasteiger partial charge in [-0.15, -0.1) is 0 Å². The van der Waals surface area contributed by atoms with Crippen LogP contribution in [-0.2, 0) is 82.0 Å². The van der Waals surface area contributed by atoms with Crippen molar-refractivity contribution >= 4 is 87.7 Å². The predicted molar refractivity (Wildman–Crippen MR) is 303 cm³/mol. The monoisotopic (exact) mass is 1070 g/mol. The molecule has 2 saturated heterocycles. The van der Waals surface area contributed by atoms with Gasteiger partial charge in [0, 0.05) is 103 Å². The second-order valence-corrected chi connectivity index (χ2v) is 19.9. The summed E-state index contributed by atoms with van der Waals surface area (Å²) in [6.07, 6.45) is 4.49. The van der Waals surface area contributed by atoms with E-state index in [0.29, 0.717) is 13.1 Å². The maximum Gasteiger partial charge on any atom is 1.00 e. The van der Waals surface area contributed by atoms with Crippen LogP contribution in [0.2, 0.25) is 0 Å². The molecule has 8 aromatic rings. The van der Waals surface area contributed by atoms with Gasteiger partial charge >= 0.3 is 41.5 Å². The van der Waals surface area contributed by atoms with Crippen molar-refractivity contribution in [1.29, 1.82) is 0 Å². The predicted octanol–water partition coefficient (Wildman–Crippen LogP) is 6.21. The van der Waals surface area contributed by atoms with Crippen molar-refractivity contribution in [2.45, 2.75) is 104 Å². The van der Waals surface area contributed by atoms with E-state index in [-0.39, 0.29) is 52.2 Å². The van der Waals surface area contributed by atoms with Crippen LogP contribution in [0.5, 0.6) is 0 Å². The summed E-state index contributed by atoms with van der Waals surface area (Å²) in [5.74, 6) is -1.32. The summed E-state index contributed by atoms with van der Waals surface area (Å²) in [5, 5.41) is 14.6. The van der Waals surface area contributed by atoms with Crippen LogP contribution >= 0.6 is 0 Å². The average Bonchev–Trinajstić information content (AvgIpc) is 4.01. The molecular formula is C62H67BN6NaO9. The molecule has 0 saturated carbocycles. The molecule has 2 aromatic heterocycles. The molecule has 2 spiro atoms. The van der Waals surface area contributed by atoms with E-state index in [1.54, 1.807) is 0 Å². The molecular weight excluding hydrogens is 1010 g/mol. The van der Waals surface area contributed by atoms with Crippen molar-refractivity contribution in [3.8, 4) is 0 Å². The summed E-state index contributed by atoms with van der Waals surface area (Å²) < 4.78 is 8.29. The Hall–Kier alpha value is -7.08. The number of nitrogens with one attached hydrogen (secondary N) is 3. The molecule has 0 unspecified atom stereocenters. The minimum absolute atomic E-state index is 0. The Kier molecular flexibility index (Phi) is 20.5. The molecule has 17 heteroatoms. The van der Waals surface area contributed by atoms with Crippen molar-refractivity contribution in [3.63, 3.8) is 0 Å². The number of carbonyl (C=O) groups is 6. The molecule has 6 aromatic carbocycles. The number of rotatable bonds is 5. The van der Waals surface area contributed by atoms with E-state index in [2.05, 4.69) is 157 Å². The maximum absolute atomic E-state index is 13.0. The molecule has 2 fully saturated rings. The van der Waals surface area contributed by atoms with Gasteiger partial charge in [-0.25, -0.2) is 19.4 Å². The molecule has 3 radical (unpaired) electrons. The molecule has 0 aliphatic carbocycles. The number of aldehydes is 1. The van der Waals surface area contributed by atoms with Gasteiger partial charge in [-0.3, -0.25) is 24.1 Å². The van der Waals surface area contributed by atoms with E-state index in [4.69, 9.17) is 0 Å². The number of amides is 2. The molecule has 0 bridgehead atoms. The topological polar surface area (TPSA) is 179 Å². The fraction of sp³-hybridized carbons (Fsp3) is 0.323. The Morgan fingerprint density at radius 3 is 1.47 bits per heavy atom. The Morgan fingerprint density at radius 1 is 0.570 bits per heavy atom. The van der Waals surface area contributed by atoms with Gasteiger partial charge in [0.2, 0.25) is 17.8 Å². The first-order valence-corrected chi connectivity index (χ1v) is 26.6. The van der Waals surface area contributed by atoms with Crippen molar-refractivity contribution < 1.29 is 72.8 Å². The third-order valence-corrected chi connectivity index (χ3v) is 15.2. The zero-order valence-corrected chi connectivity index (χ0v) is 48.1. The van der Waals surface area contributed by atoms with Crippen LogP contribution in [0.25, 0.3) is 43.6 Å². The van der Waals surface area contributed by atoms with E-state index in [0.717, 1.165) is 103 Å². The minimum Gasteiger partial charge on any atom is -0.793 e. The zero-order valence-electron chi connectivity index (χ0n) is 46.1. The van der Waals surface area contributed by atoms with Crippen LogP contribution in [0.4, 0.5) is 0 Å². The number of benzene rings is 6. The quantitative estimate of drug-likeness (QED) is 0.0773. The van der Waals surface area contributed by atoms with Crippen molar-refractivity contribution in [2.24, 2.45) is 0 Å². The minimum atomic E-state index is -0.639. The van der Waals surface area contributed by atoms with E-state index in [1.165, 1.54) is 73.0 Å². The SMILES string of the molecule is CC(=O)OOC(C)=O.CCn1c2ccccc2c2cc(C=O)ccc21.CCn1c2ccccc2c2cc(CN3CCC4(CC3)C(=O)NCc3ccccc34)ccc21.O=C1NCc2ccccc2C12CCNCC2.[B-]OC(C)=O.[Na+]. The van der Waals surface area contributed by atoms with Gasteiger partial charge in [-0.05, 0) is 136 Å². The Balaban J connectivity index is 0.000000163. The first kappa shape index (κ1) is 59.6. The second-order valence-electron chi connectivity index (χ2n) is 19.9. The number of aryl methyl sites for hydroxylation is 2. The molecule has 3 N–H and O–H groups in total. The van der Waals surface area contributed by atoms with Crippen LogP contribution in [0.15, 0.2) is 133 Å². The van der Waals surface area contributed by atoms with Gasteiger partial charge in [0.1, 0.15) is 6.29 Å². The summed E-state index contributed by atoms with van der Waals surface area (Å²) in [6, 6.07) is 46.6. The molecule has 15 nitrogen and oxygen atoms in total. The van der Waals surface area contributed by atoms with Crippen LogP contribution in [0.1, 0.15) is 98.5 Å². The summed E-state index contributed by atoms with van der Waals surface area (Å²) >= 11 is 0. The summed E-state index contributed by atoms with van der Waals surface area (Å²) in [4.78, 5) is 75.3. The number of nitrogens with zero attached hydrogens (tertiary/aromatic N) is 3. The number of carbonyl (C=O) groups excluding carboxylic acids is 6. The fourth-order valence-electron chi connectivity index (χ4n) is 11.6. The normalized spacial score (nSPS) is 15.6. The van der Waals surface area contributed by atoms with Gasteiger partial charge in [0.05, 0.1) is 10.8 Å². The molecule has 0 atom stereocenters. The molecule has 4 aliphatic rings. The van der Waals surface area contributed by atoms with Gasteiger partial charge < -0.3 is 37.8 Å². The van der Waals surface area contributed by atoms with Crippen LogP contribution < -0.4 is 45.5 Å². The molecule has 2 amide bonds. The van der Waals surface area contributed by atoms with Crippen LogP contribution in [-0.4, -0.2) is 84.3 Å². The molecule has 6 heterocycles. The third kappa shape index (κ3) is 13.2. The van der Waals surface area contributed by atoms with Gasteiger partial charge in [0.25, 0.3) is 0 Å². The molecule has 403 valence electrons. The van der Waals surface area contributed by atoms with Crippen molar-refractivity contribution in [1.82, 2.24) is 30.0 Å². The first-order chi connectivity index (χ1) is 37.8. The largest absolute Gasteiger partial charge is 1.00 e. The van der Waals surface area contributed by atoms with E-state index in [1.807, 2.05) is 42.5 Å². The van der Waals surface area contributed by atoms with E-state index >= 15 is 0 Å². The Morgan fingerprint density at radius 2 is 1.00 bits per heavy atom. The van der Waals surface area contributed by atoms with Gasteiger partial charge in [0.15, 0.2) is 0 Å². The number of aromatic nitrogens is 2. The van der Waals surface area contributed by atoms with Gasteiger partial charge in [-0.2, -0.15) is 0 Å². The summed E-state index contributed by atoms with van der Waals surface area (Å²) in [7, 11) is 4.32. The fourth-order valence-corrected chi connectivity index (χ4v) is 11.6. The van der Waals surface area contributed by atoms with Crippen LogP contribution in [0, 0.1) is 0 Å². The summed E-state index contributed by atoms with van der Waals surface area (Å²) in [5.41, 5.74) is 11.6. The third-order valence-electron chi connectivity index (χ3n) is 15.2. The number of hydrogen-bond acceptors (Lipinski definition) is 11. The Bertz CT molecular complexity index is 3470. The second kappa shape index (κ2) is 27.2. The zero-order chi connectivity index (χ0) is 55.4. The summed E-state index contributed by atoms with van der Waals surface area (Å²) in [6.45, 7) is 15.8. The van der Waals surface area contributed by atoms with E-state index in [9.17, 15) is 28.8 Å². The van der Waals surface area contributed by atoms with Crippen molar-refractivity contribution in [3.05, 3.63) is 167 Å². The number of fused-ring (bicyclic) bond motifs is 10. The maximum atomic E-state index is 13.0. The molecule has 79 heavy (non-hydrogen) atoms. The average molecular weight is 1070 g/mol. The number of piperidine rings is 2. The molecule has 4 aliphatic heterocycles. The van der Waals surface area contributed by atoms with Gasteiger partial charge in [-0.1, -0.05) is 91.0 Å². The Labute approximate surface area is 484 Å². The smallest absolute Gasteiger partial charge is 0.793 e. The number of hydrogen-bond donors (Lipinski definition) is 3. The van der Waals surface area contributed by atoms with Crippen LogP contribution in [0.3, 0.4) is 0 Å². The van der Waals surface area contributed by atoms with E-state index < -0.39 is 17.9 Å². The van der Waals surface area contributed by atoms with Crippen molar-refractivity contribution in [2.75, 3.05) is 26.2 Å². The number of para-hydroxylation sites is 2. The first-order valence-electron chi connectivity index (χ1n) is 26.6. The standard InChI is InChI=1S/C28H29N3O.C15H13NO.C13H16N2O.C4H6O4.C2H3BO2.Na/c1-2-31-25-10-6-4-8-22(25)23-17-20(11-12-26(23)31)19-30-15-13-28(14-16-30)24-9-5-3-7-21(24)18-29-27(28)32;1-2-16-14-6-4-3-5-12(14)13-9-11(10-17)7-8-15(13)16;16-12-13(5-7-14-8-6-13)11-4-2-1-3-10(11)9-15-12;1-3(5)7-8-4(2)6;1-2(4)5-3;/h3-12,17H,2,13-16,18-19H2,1H3,(H,29,32);3-10H,2H2,1H3;1-4,14H,5-9H2,(H,15,16);1-2H3;1H3;/q;;;;-1;+1. The molecule has 12 rings (SSSR count).